The van der Waals surface area contributed by atoms with E-state index in [-0.39, 0.29) is 0 Å². The molecule has 3 rings (SSSR count). The molecule has 22 heavy (non-hydrogen) atoms. The number of aromatic nitrogens is 3. The van der Waals surface area contributed by atoms with Crippen LogP contribution >= 0.6 is 28.1 Å². The van der Waals surface area contributed by atoms with E-state index in [0.29, 0.717) is 0 Å². The van der Waals surface area contributed by atoms with E-state index >= 15 is 0 Å². The maximum atomic E-state index is 5.56. The van der Waals surface area contributed by atoms with Crippen LogP contribution in [-0.4, -0.2) is 32.3 Å². The van der Waals surface area contributed by atoms with E-state index in [0.717, 1.165) is 46.3 Å². The zero-order valence-corrected chi connectivity index (χ0v) is 15.4. The highest BCUT2D eigenvalue weighted by molar-refractivity contribution is 9.10. The molecule has 0 atom stereocenters. The number of hydrogen-bond acceptors (Lipinski definition) is 3. The molecule has 1 aromatic heterocycles. The highest BCUT2D eigenvalue weighted by Gasteiger charge is 2.18. The van der Waals surface area contributed by atoms with E-state index in [9.17, 15) is 0 Å². The van der Waals surface area contributed by atoms with Gasteiger partial charge in [0.2, 0.25) is 0 Å². The first-order valence-corrected chi connectivity index (χ1v) is 8.87. The van der Waals surface area contributed by atoms with Gasteiger partial charge in [-0.2, -0.15) is 5.10 Å². The van der Waals surface area contributed by atoms with E-state index in [1.807, 2.05) is 28.4 Å². The normalized spacial score (nSPS) is 17.0. The summed E-state index contributed by atoms with van der Waals surface area (Å²) < 4.78 is 5.76. The lowest BCUT2D eigenvalue weighted by molar-refractivity contribution is 0.146. The molecule has 118 valence electrons. The first-order valence-electron chi connectivity index (χ1n) is 7.66. The van der Waals surface area contributed by atoms with Gasteiger partial charge in [-0.05, 0) is 43.1 Å². The minimum atomic E-state index is 0.772. The van der Waals surface area contributed by atoms with Gasteiger partial charge in [-0.3, -0.25) is 4.90 Å². The summed E-state index contributed by atoms with van der Waals surface area (Å²) in [6, 6.07) is 8.18. The standard InChI is InChI=1S/C16H21BrN4S/c1-12-6-8-20(9-7-12)11-21-16(22)19(2)15(18-21)13-4-3-5-14(17)10-13/h3-5,10,12H,6-9,11H2,1-2H3. The Balaban J connectivity index is 1.85. The quantitative estimate of drug-likeness (QED) is 0.750. The summed E-state index contributed by atoms with van der Waals surface area (Å²) in [5.41, 5.74) is 1.08. The van der Waals surface area contributed by atoms with Gasteiger partial charge in [0.05, 0.1) is 6.67 Å². The summed E-state index contributed by atoms with van der Waals surface area (Å²) in [4.78, 5) is 2.44. The van der Waals surface area contributed by atoms with Crippen LogP contribution in [0.5, 0.6) is 0 Å². The zero-order valence-electron chi connectivity index (χ0n) is 13.0. The minimum Gasteiger partial charge on any atom is -0.303 e. The molecule has 1 aromatic carbocycles. The zero-order chi connectivity index (χ0) is 15.7. The predicted octanol–water partition coefficient (Wildman–Crippen LogP) is 4.07. The number of rotatable bonds is 3. The third-order valence-electron chi connectivity index (χ3n) is 4.33. The van der Waals surface area contributed by atoms with Crippen LogP contribution in [0.2, 0.25) is 0 Å². The molecule has 1 aliphatic heterocycles. The van der Waals surface area contributed by atoms with Crippen molar-refractivity contribution in [3.63, 3.8) is 0 Å². The van der Waals surface area contributed by atoms with Gasteiger partial charge >= 0.3 is 0 Å². The molecule has 0 saturated carbocycles. The van der Waals surface area contributed by atoms with Crippen molar-refractivity contribution < 1.29 is 0 Å². The monoisotopic (exact) mass is 380 g/mol. The van der Waals surface area contributed by atoms with Crippen molar-refractivity contribution in [1.29, 1.82) is 0 Å². The van der Waals surface area contributed by atoms with Gasteiger partial charge in [-0.25, -0.2) is 4.68 Å². The van der Waals surface area contributed by atoms with Crippen LogP contribution in [0.1, 0.15) is 19.8 Å². The Morgan fingerprint density at radius 2 is 2.05 bits per heavy atom. The van der Waals surface area contributed by atoms with Crippen molar-refractivity contribution in [2.24, 2.45) is 13.0 Å². The molecule has 0 N–H and O–H groups in total. The van der Waals surface area contributed by atoms with Gasteiger partial charge in [0, 0.05) is 30.2 Å². The summed E-state index contributed by atoms with van der Waals surface area (Å²) in [6.07, 6.45) is 2.53. The average molecular weight is 381 g/mol. The largest absolute Gasteiger partial charge is 0.303 e. The fourth-order valence-corrected chi connectivity index (χ4v) is 3.44. The van der Waals surface area contributed by atoms with Crippen LogP contribution in [0.15, 0.2) is 28.7 Å². The molecule has 0 radical (unpaired) electrons. The van der Waals surface area contributed by atoms with Crippen LogP contribution < -0.4 is 0 Å². The molecule has 1 aliphatic rings. The first kappa shape index (κ1) is 15.9. The first-order chi connectivity index (χ1) is 10.5. The summed E-state index contributed by atoms with van der Waals surface area (Å²) in [6.45, 7) is 5.37. The number of benzene rings is 1. The summed E-state index contributed by atoms with van der Waals surface area (Å²) in [5, 5.41) is 4.75. The molecule has 0 spiro atoms. The molecule has 1 saturated heterocycles. The minimum absolute atomic E-state index is 0.772. The van der Waals surface area contributed by atoms with E-state index in [1.54, 1.807) is 0 Å². The fourth-order valence-electron chi connectivity index (χ4n) is 2.85. The number of nitrogens with zero attached hydrogens (tertiary/aromatic N) is 4. The Hall–Kier alpha value is -0.980. The molecule has 0 aliphatic carbocycles. The third kappa shape index (κ3) is 3.34. The second kappa shape index (κ2) is 6.64. The lowest BCUT2D eigenvalue weighted by atomic mass is 10.00. The molecule has 0 bridgehead atoms. The highest BCUT2D eigenvalue weighted by Crippen LogP contribution is 2.22. The highest BCUT2D eigenvalue weighted by atomic mass is 79.9. The molecule has 2 aromatic rings. The molecule has 0 unspecified atom stereocenters. The second-order valence-electron chi connectivity index (χ2n) is 6.12. The van der Waals surface area contributed by atoms with E-state index in [4.69, 9.17) is 17.3 Å². The van der Waals surface area contributed by atoms with Crippen LogP contribution in [0.3, 0.4) is 0 Å². The SMILES string of the molecule is CC1CCN(Cn2nc(-c3cccc(Br)c3)n(C)c2=S)CC1. The van der Waals surface area contributed by atoms with Crippen LogP contribution in [-0.2, 0) is 13.7 Å². The Bertz CT molecular complexity index is 713. The van der Waals surface area contributed by atoms with Gasteiger partial charge in [0.15, 0.2) is 10.6 Å². The molecule has 2 heterocycles. The Morgan fingerprint density at radius 3 is 2.73 bits per heavy atom. The molecule has 4 nitrogen and oxygen atoms in total. The lowest BCUT2D eigenvalue weighted by Gasteiger charge is -2.29. The average Bonchev–Trinajstić information content (AvgIpc) is 2.78. The Kier molecular flexibility index (Phi) is 4.80. The van der Waals surface area contributed by atoms with Crippen molar-refractivity contribution in [2.45, 2.75) is 26.4 Å². The van der Waals surface area contributed by atoms with Crippen molar-refractivity contribution in [3.05, 3.63) is 33.5 Å². The number of hydrogen-bond donors (Lipinski definition) is 0. The maximum absolute atomic E-state index is 5.56. The van der Waals surface area contributed by atoms with Crippen molar-refractivity contribution >= 4 is 28.1 Å². The predicted molar refractivity (Wildman–Crippen MR) is 95.1 cm³/mol. The summed E-state index contributed by atoms with van der Waals surface area (Å²) in [7, 11) is 1.99. The molecule has 1 fully saturated rings. The van der Waals surface area contributed by atoms with Crippen LogP contribution in [0.25, 0.3) is 11.4 Å². The molecular formula is C16H21BrN4S. The Morgan fingerprint density at radius 1 is 1.32 bits per heavy atom. The van der Waals surface area contributed by atoms with Crippen molar-refractivity contribution in [3.8, 4) is 11.4 Å². The van der Waals surface area contributed by atoms with E-state index in [2.05, 4.69) is 39.9 Å². The van der Waals surface area contributed by atoms with Gasteiger partial charge in [0.1, 0.15) is 0 Å². The smallest absolute Gasteiger partial charge is 0.199 e. The summed E-state index contributed by atoms with van der Waals surface area (Å²) in [5.74, 6) is 1.75. The lowest BCUT2D eigenvalue weighted by Crippen LogP contribution is -2.34. The van der Waals surface area contributed by atoms with Gasteiger partial charge in [-0.15, -0.1) is 0 Å². The third-order valence-corrected chi connectivity index (χ3v) is 5.31. The second-order valence-corrected chi connectivity index (χ2v) is 7.40. The van der Waals surface area contributed by atoms with Crippen LogP contribution in [0, 0.1) is 10.7 Å². The summed E-state index contributed by atoms with van der Waals surface area (Å²) >= 11 is 9.08. The maximum Gasteiger partial charge on any atom is 0.199 e. The number of halogens is 1. The fraction of sp³-hybridized carbons (Fsp3) is 0.500. The van der Waals surface area contributed by atoms with E-state index < -0.39 is 0 Å². The number of likely N-dealkylation sites (tertiary alicyclic amines) is 1. The van der Waals surface area contributed by atoms with Gasteiger partial charge < -0.3 is 4.57 Å². The van der Waals surface area contributed by atoms with Crippen molar-refractivity contribution in [1.82, 2.24) is 19.2 Å². The number of piperidine rings is 1. The van der Waals surface area contributed by atoms with Gasteiger partial charge in [0.25, 0.3) is 0 Å². The van der Waals surface area contributed by atoms with Crippen LogP contribution in [0.4, 0.5) is 0 Å². The van der Waals surface area contributed by atoms with E-state index in [1.165, 1.54) is 12.8 Å². The molecule has 0 amide bonds. The molecular weight excluding hydrogens is 360 g/mol. The molecule has 6 heteroatoms. The van der Waals surface area contributed by atoms with Gasteiger partial charge in [-0.1, -0.05) is 35.0 Å². The topological polar surface area (TPSA) is 26.0 Å². The Labute approximate surface area is 144 Å². The van der Waals surface area contributed by atoms with Crippen molar-refractivity contribution in [2.75, 3.05) is 13.1 Å².